The molecule has 0 saturated carbocycles. The van der Waals surface area contributed by atoms with Gasteiger partial charge in [0.15, 0.2) is 0 Å². The lowest BCUT2D eigenvalue weighted by atomic mass is 10.3. The van der Waals surface area contributed by atoms with Gasteiger partial charge in [0.1, 0.15) is 18.2 Å². The summed E-state index contributed by atoms with van der Waals surface area (Å²) in [7, 11) is 7.56. The first kappa shape index (κ1) is 20.5. The van der Waals surface area contributed by atoms with E-state index in [1.54, 1.807) is 14.2 Å². The van der Waals surface area contributed by atoms with Gasteiger partial charge in [-0.15, -0.1) is 0 Å². The second-order valence-corrected chi connectivity index (χ2v) is 6.32. The van der Waals surface area contributed by atoms with Crippen LogP contribution in [0.15, 0.2) is 17.6 Å². The van der Waals surface area contributed by atoms with E-state index in [2.05, 4.69) is 49.5 Å². The highest BCUT2D eigenvalue weighted by Crippen LogP contribution is 2.29. The number of rotatable bonds is 4. The number of hydrogen-bond acceptors (Lipinski definition) is 5. The summed E-state index contributed by atoms with van der Waals surface area (Å²) in [6.45, 7) is 12.5. The van der Waals surface area contributed by atoms with E-state index in [0.29, 0.717) is 6.17 Å². The Balaban J connectivity index is 0.000000243. The molecule has 0 aromatic carbocycles. The summed E-state index contributed by atoms with van der Waals surface area (Å²) in [6, 6.07) is 0. The maximum atomic E-state index is 5.34. The van der Waals surface area contributed by atoms with Crippen LogP contribution in [0.25, 0.3) is 0 Å². The van der Waals surface area contributed by atoms with Gasteiger partial charge < -0.3 is 23.8 Å². The van der Waals surface area contributed by atoms with Crippen molar-refractivity contribution in [3.63, 3.8) is 0 Å². The van der Waals surface area contributed by atoms with E-state index in [-0.39, 0.29) is 12.3 Å². The second-order valence-electron chi connectivity index (χ2n) is 6.32. The highest BCUT2D eigenvalue weighted by atomic mass is 16.5. The van der Waals surface area contributed by atoms with E-state index in [1.807, 2.05) is 31.7 Å². The molecule has 0 N–H and O–H groups in total. The molecule has 0 bridgehead atoms. The van der Waals surface area contributed by atoms with E-state index in [4.69, 9.17) is 9.47 Å². The molecule has 0 fully saturated rings. The number of ether oxygens (including phenoxy) is 2. The molecule has 2 heterocycles. The van der Waals surface area contributed by atoms with Crippen molar-refractivity contribution in [3.05, 3.63) is 29.1 Å². The minimum Gasteiger partial charge on any atom is -0.375 e. The van der Waals surface area contributed by atoms with Gasteiger partial charge in [-0.25, -0.2) is 4.98 Å². The van der Waals surface area contributed by atoms with E-state index >= 15 is 0 Å². The first-order valence-corrected chi connectivity index (χ1v) is 8.39. The molecule has 3 atom stereocenters. The third-order valence-corrected chi connectivity index (χ3v) is 5.16. The number of nitrogens with zero attached hydrogens (tertiary/aromatic N) is 4. The summed E-state index contributed by atoms with van der Waals surface area (Å²) in [5.74, 6) is 1.02. The molecule has 0 saturated heterocycles. The topological polar surface area (TPSA) is 42.8 Å². The Labute approximate surface area is 147 Å². The lowest BCUT2D eigenvalue weighted by molar-refractivity contribution is -0.0305. The molecule has 24 heavy (non-hydrogen) atoms. The van der Waals surface area contributed by atoms with Crippen LogP contribution in [0.1, 0.15) is 52.2 Å². The molecule has 1 aliphatic heterocycles. The van der Waals surface area contributed by atoms with Gasteiger partial charge in [-0.05, 0) is 41.5 Å². The summed E-state index contributed by atoms with van der Waals surface area (Å²) < 4.78 is 12.5. The molecule has 1 aromatic rings. The molecule has 2 rings (SSSR count). The largest absolute Gasteiger partial charge is 0.375 e. The highest BCUT2D eigenvalue weighted by Gasteiger charge is 2.31. The molecular formula is C18H34N4O2. The Bertz CT molecular complexity index is 567. The van der Waals surface area contributed by atoms with Gasteiger partial charge in [-0.1, -0.05) is 0 Å². The average Bonchev–Trinajstić information content (AvgIpc) is 3.00. The number of hydrogen-bond donors (Lipinski definition) is 0. The van der Waals surface area contributed by atoms with Crippen molar-refractivity contribution < 1.29 is 9.47 Å². The number of methoxy groups -OCH3 is 2. The summed E-state index contributed by atoms with van der Waals surface area (Å²) in [5, 5.41) is 0. The van der Waals surface area contributed by atoms with Gasteiger partial charge in [-0.3, -0.25) is 0 Å². The lowest BCUT2D eigenvalue weighted by Crippen LogP contribution is -2.41. The molecule has 0 spiro atoms. The lowest BCUT2D eigenvalue weighted by Gasteiger charge is -2.33. The van der Waals surface area contributed by atoms with Crippen molar-refractivity contribution in [1.29, 1.82) is 0 Å². The van der Waals surface area contributed by atoms with Gasteiger partial charge in [0.05, 0.1) is 18.0 Å². The predicted molar refractivity (Wildman–Crippen MR) is 97.3 cm³/mol. The Morgan fingerprint density at radius 1 is 1.04 bits per heavy atom. The minimum absolute atomic E-state index is 0.126. The fraction of sp³-hybridized carbons (Fsp3) is 0.722. The van der Waals surface area contributed by atoms with E-state index < -0.39 is 0 Å². The molecular weight excluding hydrogens is 304 g/mol. The van der Waals surface area contributed by atoms with Gasteiger partial charge >= 0.3 is 0 Å². The quantitative estimate of drug-likeness (QED) is 0.843. The zero-order valence-electron chi connectivity index (χ0n) is 16.9. The first-order valence-electron chi connectivity index (χ1n) is 8.39. The normalized spacial score (nSPS) is 20.2. The van der Waals surface area contributed by atoms with Crippen molar-refractivity contribution in [3.8, 4) is 0 Å². The summed E-state index contributed by atoms with van der Waals surface area (Å²) in [6.07, 6.45) is 2.52. The fourth-order valence-electron chi connectivity index (χ4n) is 2.90. The van der Waals surface area contributed by atoms with Crippen LogP contribution in [-0.2, 0) is 16.5 Å². The van der Waals surface area contributed by atoms with Crippen molar-refractivity contribution >= 4 is 0 Å². The Kier molecular flexibility index (Phi) is 7.29. The zero-order valence-corrected chi connectivity index (χ0v) is 16.9. The Hall–Kier alpha value is -1.53. The third-order valence-electron chi connectivity index (χ3n) is 5.16. The van der Waals surface area contributed by atoms with Crippen LogP contribution in [0.2, 0.25) is 0 Å². The fourth-order valence-corrected chi connectivity index (χ4v) is 2.90. The van der Waals surface area contributed by atoms with Gasteiger partial charge in [-0.2, -0.15) is 0 Å². The monoisotopic (exact) mass is 338 g/mol. The van der Waals surface area contributed by atoms with Gasteiger partial charge in [0, 0.05) is 39.7 Å². The molecule has 138 valence electrons. The van der Waals surface area contributed by atoms with Gasteiger partial charge in [0.2, 0.25) is 0 Å². The number of aryl methyl sites for hydroxylation is 1. The average molecular weight is 338 g/mol. The maximum absolute atomic E-state index is 5.34. The summed E-state index contributed by atoms with van der Waals surface area (Å²) in [5.41, 5.74) is 3.76. The van der Waals surface area contributed by atoms with Gasteiger partial charge in [0.25, 0.3) is 0 Å². The van der Waals surface area contributed by atoms with Crippen LogP contribution < -0.4 is 0 Å². The van der Waals surface area contributed by atoms with Crippen LogP contribution in [0.4, 0.5) is 0 Å². The van der Waals surface area contributed by atoms with Crippen LogP contribution in [0.3, 0.4) is 0 Å². The van der Waals surface area contributed by atoms with Crippen LogP contribution in [0.5, 0.6) is 0 Å². The molecule has 1 aromatic heterocycles. The third kappa shape index (κ3) is 4.11. The molecule has 3 unspecified atom stereocenters. The molecule has 0 aliphatic carbocycles. The molecule has 0 amide bonds. The summed E-state index contributed by atoms with van der Waals surface area (Å²) in [4.78, 5) is 8.72. The number of aromatic nitrogens is 2. The first-order chi connectivity index (χ1) is 11.2. The van der Waals surface area contributed by atoms with Crippen molar-refractivity contribution in [1.82, 2.24) is 19.4 Å². The zero-order chi connectivity index (χ0) is 18.6. The van der Waals surface area contributed by atoms with Crippen LogP contribution in [-0.4, -0.2) is 53.0 Å². The SMILES string of the molecule is COC(C)N1C(C)=C(C)N(C)C1C.COC(C)c1cnc(C)n1C. The number of imidazole rings is 1. The predicted octanol–water partition coefficient (Wildman–Crippen LogP) is 3.26. The van der Waals surface area contributed by atoms with E-state index in [1.165, 1.54) is 11.4 Å². The van der Waals surface area contributed by atoms with Crippen LogP contribution >= 0.6 is 0 Å². The highest BCUT2D eigenvalue weighted by molar-refractivity contribution is 5.15. The van der Waals surface area contributed by atoms with Crippen LogP contribution in [0, 0.1) is 6.92 Å². The molecule has 0 radical (unpaired) electrons. The molecule has 6 nitrogen and oxygen atoms in total. The Morgan fingerprint density at radius 2 is 1.62 bits per heavy atom. The molecule has 1 aliphatic rings. The van der Waals surface area contributed by atoms with Crippen molar-refractivity contribution in [2.45, 2.75) is 60.0 Å². The summed E-state index contributed by atoms with van der Waals surface area (Å²) >= 11 is 0. The second kappa shape index (κ2) is 8.53. The minimum atomic E-state index is 0.126. The maximum Gasteiger partial charge on any atom is 0.128 e. The smallest absolute Gasteiger partial charge is 0.128 e. The van der Waals surface area contributed by atoms with Crippen molar-refractivity contribution in [2.24, 2.45) is 7.05 Å². The molecule has 6 heteroatoms. The van der Waals surface area contributed by atoms with E-state index in [0.717, 1.165) is 11.5 Å². The Morgan fingerprint density at radius 3 is 1.96 bits per heavy atom. The van der Waals surface area contributed by atoms with E-state index in [9.17, 15) is 0 Å². The number of allylic oxidation sites excluding steroid dienone is 2. The van der Waals surface area contributed by atoms with Crippen molar-refractivity contribution in [2.75, 3.05) is 21.3 Å². The standard InChI is InChI=1S/C10H20N2O.C8H14N2O/c1-7-8(2)12(10(4)13-6)9(3)11(7)5;1-6(11-4)8-5-9-7(2)10(8)3/h9-10H,1-6H3;5-6H,1-4H3.